The molecular weight excluding hydrogens is 546 g/mol. The molecule has 0 aromatic heterocycles. The zero-order chi connectivity index (χ0) is 32.4. The fraction of sp³-hybridized carbons (Fsp3) is 0.923. The molecule has 3 unspecified atom stereocenters. The molecule has 0 saturated heterocycles. The van der Waals surface area contributed by atoms with Crippen LogP contribution in [0.4, 0.5) is 0 Å². The molecule has 0 aliphatic carbocycles. The first-order valence-electron chi connectivity index (χ1n) is 19.5. The van der Waals surface area contributed by atoms with Crippen molar-refractivity contribution >= 4 is 5.91 Å². The summed E-state index contributed by atoms with van der Waals surface area (Å²) in [6.45, 7) is 4.14. The van der Waals surface area contributed by atoms with Gasteiger partial charge in [0.25, 0.3) is 0 Å². The van der Waals surface area contributed by atoms with E-state index in [2.05, 4.69) is 31.3 Å². The van der Waals surface area contributed by atoms with Gasteiger partial charge in [0.2, 0.25) is 5.91 Å². The van der Waals surface area contributed by atoms with Crippen molar-refractivity contribution in [3.8, 4) is 0 Å². The second kappa shape index (κ2) is 35.0. The van der Waals surface area contributed by atoms with E-state index in [1.54, 1.807) is 0 Å². The third-order valence-electron chi connectivity index (χ3n) is 9.12. The Morgan fingerprint density at radius 3 is 1.32 bits per heavy atom. The Bertz CT molecular complexity index is 611. The lowest BCUT2D eigenvalue weighted by Gasteiger charge is -2.26. The van der Waals surface area contributed by atoms with E-state index in [9.17, 15) is 20.1 Å². The standard InChI is InChI=1S/C39H77NO4/c1-3-5-7-9-11-13-15-16-17-18-19-20-21-22-23-24-26-28-30-32-34-38(43)40-36(35-41)39(44)37(42)33-31-29-27-25-14-12-10-8-6-4-2/h25,27,36-37,39,41-42,44H,3-24,26,28-35H2,1-2H3,(H,40,43)/b27-25+. The summed E-state index contributed by atoms with van der Waals surface area (Å²) in [4.78, 5) is 12.4. The molecule has 0 fully saturated rings. The van der Waals surface area contributed by atoms with Crippen LogP contribution in [0.2, 0.25) is 0 Å². The second-order valence-corrected chi connectivity index (χ2v) is 13.5. The molecule has 0 spiro atoms. The van der Waals surface area contributed by atoms with Crippen LogP contribution >= 0.6 is 0 Å². The van der Waals surface area contributed by atoms with Gasteiger partial charge in [-0.05, 0) is 38.5 Å². The van der Waals surface area contributed by atoms with Crippen LogP contribution in [0.1, 0.15) is 206 Å². The van der Waals surface area contributed by atoms with Gasteiger partial charge in [0.05, 0.1) is 18.8 Å². The van der Waals surface area contributed by atoms with Crippen LogP contribution in [0.25, 0.3) is 0 Å². The summed E-state index contributed by atoms with van der Waals surface area (Å²) in [5.41, 5.74) is 0. The first-order chi connectivity index (χ1) is 21.6. The number of nitrogens with one attached hydrogen (secondary N) is 1. The molecule has 0 aliphatic heterocycles. The van der Waals surface area contributed by atoms with Crippen LogP contribution in [-0.2, 0) is 4.79 Å². The maximum Gasteiger partial charge on any atom is 0.220 e. The molecule has 0 aromatic rings. The van der Waals surface area contributed by atoms with Crippen LogP contribution in [0.3, 0.4) is 0 Å². The van der Waals surface area contributed by atoms with Crippen molar-refractivity contribution in [1.29, 1.82) is 0 Å². The van der Waals surface area contributed by atoms with Crippen LogP contribution < -0.4 is 5.32 Å². The number of hydrogen-bond donors (Lipinski definition) is 4. The molecule has 3 atom stereocenters. The maximum atomic E-state index is 12.4. The van der Waals surface area contributed by atoms with Gasteiger partial charge in [-0.15, -0.1) is 0 Å². The fourth-order valence-corrected chi connectivity index (χ4v) is 6.04. The monoisotopic (exact) mass is 624 g/mol. The molecule has 44 heavy (non-hydrogen) atoms. The van der Waals surface area contributed by atoms with Gasteiger partial charge < -0.3 is 20.6 Å². The Labute approximate surface area is 274 Å². The van der Waals surface area contributed by atoms with E-state index >= 15 is 0 Å². The molecule has 0 rings (SSSR count). The molecule has 5 nitrogen and oxygen atoms in total. The Kier molecular flexibility index (Phi) is 34.2. The summed E-state index contributed by atoms with van der Waals surface area (Å²) in [6.07, 6.45) is 38.9. The Balaban J connectivity index is 3.61. The Morgan fingerprint density at radius 1 is 0.545 bits per heavy atom. The van der Waals surface area contributed by atoms with Crippen molar-refractivity contribution in [3.05, 3.63) is 12.2 Å². The van der Waals surface area contributed by atoms with Gasteiger partial charge >= 0.3 is 0 Å². The van der Waals surface area contributed by atoms with Gasteiger partial charge in [-0.3, -0.25) is 4.79 Å². The van der Waals surface area contributed by atoms with Gasteiger partial charge in [0.15, 0.2) is 0 Å². The minimum absolute atomic E-state index is 0.153. The lowest BCUT2D eigenvalue weighted by Crippen LogP contribution is -2.50. The largest absolute Gasteiger partial charge is 0.394 e. The van der Waals surface area contributed by atoms with E-state index in [0.717, 1.165) is 38.5 Å². The third-order valence-corrected chi connectivity index (χ3v) is 9.12. The quantitative estimate of drug-likeness (QED) is 0.0418. The van der Waals surface area contributed by atoms with Crippen molar-refractivity contribution in [2.45, 2.75) is 225 Å². The highest BCUT2D eigenvalue weighted by Gasteiger charge is 2.26. The number of aliphatic hydroxyl groups is 3. The SMILES string of the molecule is CCCCCCC/C=C/CCCC(O)C(O)C(CO)NC(=O)CCCCCCCCCCCCCCCCCCCCCC. The number of hydrogen-bond acceptors (Lipinski definition) is 4. The van der Waals surface area contributed by atoms with Crippen LogP contribution in [0.15, 0.2) is 12.2 Å². The second-order valence-electron chi connectivity index (χ2n) is 13.5. The molecule has 0 saturated carbocycles. The average Bonchev–Trinajstić information content (AvgIpc) is 3.03. The lowest BCUT2D eigenvalue weighted by molar-refractivity contribution is -0.124. The molecule has 5 heteroatoms. The van der Waals surface area contributed by atoms with E-state index in [-0.39, 0.29) is 12.5 Å². The lowest BCUT2D eigenvalue weighted by atomic mass is 10.0. The van der Waals surface area contributed by atoms with E-state index in [1.165, 1.54) is 141 Å². The van der Waals surface area contributed by atoms with E-state index < -0.39 is 18.2 Å². The molecule has 0 aliphatic rings. The normalized spacial score (nSPS) is 13.8. The van der Waals surface area contributed by atoms with Crippen molar-refractivity contribution < 1.29 is 20.1 Å². The maximum absolute atomic E-state index is 12.4. The first-order valence-corrected chi connectivity index (χ1v) is 19.5. The molecule has 0 bridgehead atoms. The first kappa shape index (κ1) is 43.1. The van der Waals surface area contributed by atoms with Gasteiger partial charge in [-0.1, -0.05) is 174 Å². The number of rotatable bonds is 35. The van der Waals surface area contributed by atoms with E-state index in [1.807, 2.05) is 0 Å². The molecule has 4 N–H and O–H groups in total. The molecule has 0 radical (unpaired) electrons. The highest BCUT2D eigenvalue weighted by atomic mass is 16.3. The van der Waals surface area contributed by atoms with Crippen molar-refractivity contribution in [2.75, 3.05) is 6.61 Å². The summed E-state index contributed by atoms with van der Waals surface area (Å²) >= 11 is 0. The van der Waals surface area contributed by atoms with Gasteiger partial charge in [-0.2, -0.15) is 0 Å². The summed E-state index contributed by atoms with van der Waals surface area (Å²) in [6, 6.07) is -0.818. The fourth-order valence-electron chi connectivity index (χ4n) is 6.04. The van der Waals surface area contributed by atoms with E-state index in [4.69, 9.17) is 0 Å². The summed E-state index contributed by atoms with van der Waals surface area (Å²) < 4.78 is 0. The topological polar surface area (TPSA) is 89.8 Å². The van der Waals surface area contributed by atoms with E-state index in [0.29, 0.717) is 12.8 Å². The Hall–Kier alpha value is -0.910. The zero-order valence-electron chi connectivity index (χ0n) is 29.6. The van der Waals surface area contributed by atoms with Crippen molar-refractivity contribution in [3.63, 3.8) is 0 Å². The average molecular weight is 624 g/mol. The highest BCUT2D eigenvalue weighted by molar-refractivity contribution is 5.76. The van der Waals surface area contributed by atoms with Gasteiger partial charge in [-0.25, -0.2) is 0 Å². The van der Waals surface area contributed by atoms with Crippen LogP contribution in [0.5, 0.6) is 0 Å². The molecule has 0 aromatic carbocycles. The number of carbonyl (C=O) groups excluding carboxylic acids is 1. The summed E-state index contributed by atoms with van der Waals surface area (Å²) in [5, 5.41) is 33.3. The minimum Gasteiger partial charge on any atom is -0.394 e. The predicted octanol–water partition coefficient (Wildman–Crippen LogP) is 10.5. The minimum atomic E-state index is -1.15. The smallest absolute Gasteiger partial charge is 0.220 e. The molecule has 0 heterocycles. The molecule has 262 valence electrons. The summed E-state index contributed by atoms with van der Waals surface area (Å²) in [5.74, 6) is -0.153. The van der Waals surface area contributed by atoms with Gasteiger partial charge in [0.1, 0.15) is 6.10 Å². The Morgan fingerprint density at radius 2 is 0.909 bits per heavy atom. The predicted molar refractivity (Wildman–Crippen MR) is 190 cm³/mol. The number of carbonyl (C=O) groups is 1. The number of unbranched alkanes of at least 4 members (excludes halogenated alkanes) is 25. The highest BCUT2D eigenvalue weighted by Crippen LogP contribution is 2.16. The molecule has 1 amide bonds. The number of aliphatic hydroxyl groups excluding tert-OH is 3. The zero-order valence-corrected chi connectivity index (χ0v) is 29.6. The number of allylic oxidation sites excluding steroid dienone is 2. The number of amides is 1. The van der Waals surface area contributed by atoms with Gasteiger partial charge in [0, 0.05) is 6.42 Å². The summed E-state index contributed by atoms with van der Waals surface area (Å²) in [7, 11) is 0. The van der Waals surface area contributed by atoms with Crippen LogP contribution in [-0.4, -0.2) is 46.1 Å². The molecular formula is C39H77NO4. The van der Waals surface area contributed by atoms with Crippen molar-refractivity contribution in [1.82, 2.24) is 5.32 Å². The third kappa shape index (κ3) is 29.8. The van der Waals surface area contributed by atoms with Crippen molar-refractivity contribution in [2.24, 2.45) is 0 Å². The van der Waals surface area contributed by atoms with Crippen LogP contribution in [0, 0.1) is 0 Å².